The first-order valence-electron chi connectivity index (χ1n) is 6.05. The van der Waals surface area contributed by atoms with Crippen LogP contribution in [0.15, 0.2) is 29.3 Å². The number of hydrogen-bond acceptors (Lipinski definition) is 3. The van der Waals surface area contributed by atoms with Gasteiger partial charge in [0.2, 0.25) is 5.56 Å². The average molecular weight is 254 g/mol. The Hall–Kier alpha value is -2.43. The highest BCUT2D eigenvalue weighted by Gasteiger charge is 2.09. The van der Waals surface area contributed by atoms with Gasteiger partial charge in [-0.15, -0.1) is 0 Å². The Bertz CT molecular complexity index is 829. The molecule has 0 unspecified atom stereocenters. The minimum absolute atomic E-state index is 0.0699. The Kier molecular flexibility index (Phi) is 2.48. The second-order valence-electron chi connectivity index (χ2n) is 4.74. The zero-order chi connectivity index (χ0) is 13.6. The van der Waals surface area contributed by atoms with Crippen LogP contribution in [-0.4, -0.2) is 19.7 Å². The van der Waals surface area contributed by atoms with Gasteiger partial charge in [-0.25, -0.2) is 9.67 Å². The van der Waals surface area contributed by atoms with E-state index in [0.29, 0.717) is 0 Å². The van der Waals surface area contributed by atoms with Gasteiger partial charge in [0, 0.05) is 24.1 Å². The molecule has 3 rings (SSSR count). The molecule has 0 amide bonds. The summed E-state index contributed by atoms with van der Waals surface area (Å²) in [4.78, 5) is 18.7. The number of pyridine rings is 1. The molecular formula is C14H14N4O. The second-order valence-corrected chi connectivity index (χ2v) is 4.74. The molecule has 5 heteroatoms. The number of rotatable bonds is 1. The van der Waals surface area contributed by atoms with E-state index in [1.54, 1.807) is 10.7 Å². The molecule has 0 spiro atoms. The van der Waals surface area contributed by atoms with Crippen molar-refractivity contribution in [3.05, 3.63) is 46.0 Å². The number of fused-ring (bicyclic) bond motifs is 1. The topological polar surface area (TPSA) is 63.6 Å². The van der Waals surface area contributed by atoms with E-state index in [0.717, 1.165) is 33.4 Å². The molecule has 96 valence electrons. The van der Waals surface area contributed by atoms with Crippen molar-refractivity contribution in [1.82, 2.24) is 19.7 Å². The molecule has 0 atom stereocenters. The van der Waals surface area contributed by atoms with Crippen LogP contribution in [0.3, 0.4) is 0 Å². The van der Waals surface area contributed by atoms with E-state index in [1.807, 2.05) is 33.0 Å². The van der Waals surface area contributed by atoms with Crippen LogP contribution in [0, 0.1) is 13.8 Å². The molecule has 1 N–H and O–H groups in total. The molecule has 0 aliphatic heterocycles. The number of nitrogens with zero attached hydrogens (tertiary/aromatic N) is 3. The molecule has 2 aromatic heterocycles. The van der Waals surface area contributed by atoms with Crippen molar-refractivity contribution in [1.29, 1.82) is 0 Å². The van der Waals surface area contributed by atoms with Crippen molar-refractivity contribution in [2.75, 3.05) is 0 Å². The van der Waals surface area contributed by atoms with Crippen LogP contribution in [0.4, 0.5) is 0 Å². The lowest BCUT2D eigenvalue weighted by Gasteiger charge is -2.08. The Morgan fingerprint density at radius 3 is 2.63 bits per heavy atom. The molecule has 0 aliphatic carbocycles. The van der Waals surface area contributed by atoms with Crippen molar-refractivity contribution in [3.8, 4) is 11.4 Å². The highest BCUT2D eigenvalue weighted by atomic mass is 16.1. The fraction of sp³-hybridized carbons (Fsp3) is 0.214. The lowest BCUT2D eigenvalue weighted by molar-refractivity contribution is 0.774. The maximum absolute atomic E-state index is 11.5. The molecule has 0 saturated heterocycles. The number of aromatic nitrogens is 4. The molecule has 0 fully saturated rings. The van der Waals surface area contributed by atoms with Crippen LogP contribution in [0.25, 0.3) is 22.3 Å². The summed E-state index contributed by atoms with van der Waals surface area (Å²) in [5, 5.41) is 5.13. The highest BCUT2D eigenvalue weighted by Crippen LogP contribution is 2.25. The van der Waals surface area contributed by atoms with Gasteiger partial charge in [0.15, 0.2) is 5.82 Å². The minimum atomic E-state index is -0.0699. The number of nitrogens with one attached hydrogen (secondary N) is 1. The molecule has 2 heterocycles. The molecule has 19 heavy (non-hydrogen) atoms. The summed E-state index contributed by atoms with van der Waals surface area (Å²) in [6.07, 6.45) is 1.54. The van der Waals surface area contributed by atoms with Gasteiger partial charge >= 0.3 is 0 Å². The number of hydrogen-bond donors (Lipinski definition) is 1. The first-order chi connectivity index (χ1) is 9.06. The van der Waals surface area contributed by atoms with E-state index in [4.69, 9.17) is 0 Å². The fourth-order valence-electron chi connectivity index (χ4n) is 2.38. The fourth-order valence-corrected chi connectivity index (χ4v) is 2.38. The van der Waals surface area contributed by atoms with Crippen molar-refractivity contribution in [2.45, 2.75) is 13.8 Å². The summed E-state index contributed by atoms with van der Waals surface area (Å²) < 4.78 is 1.74. The summed E-state index contributed by atoms with van der Waals surface area (Å²) in [7, 11) is 1.86. The first-order valence-corrected chi connectivity index (χ1v) is 6.05. The van der Waals surface area contributed by atoms with Gasteiger partial charge in [0.25, 0.3) is 0 Å². The van der Waals surface area contributed by atoms with Crippen LogP contribution in [0.2, 0.25) is 0 Å². The predicted molar refractivity (Wildman–Crippen MR) is 74.0 cm³/mol. The minimum Gasteiger partial charge on any atom is -0.322 e. The maximum Gasteiger partial charge on any atom is 0.248 e. The van der Waals surface area contributed by atoms with E-state index in [-0.39, 0.29) is 5.56 Å². The number of H-pyrrole nitrogens is 1. The van der Waals surface area contributed by atoms with Crippen molar-refractivity contribution >= 4 is 10.9 Å². The number of aromatic amines is 1. The normalized spacial score (nSPS) is 11.1. The smallest absolute Gasteiger partial charge is 0.248 e. The van der Waals surface area contributed by atoms with E-state index >= 15 is 0 Å². The van der Waals surface area contributed by atoms with Crippen LogP contribution in [0.1, 0.15) is 11.1 Å². The molecule has 5 nitrogen and oxygen atoms in total. The Morgan fingerprint density at radius 1 is 1.16 bits per heavy atom. The number of aryl methyl sites for hydroxylation is 3. The molecule has 0 aliphatic rings. The summed E-state index contributed by atoms with van der Waals surface area (Å²) in [5.41, 5.74) is 3.80. The molecule has 0 radical (unpaired) electrons. The largest absolute Gasteiger partial charge is 0.322 e. The van der Waals surface area contributed by atoms with Gasteiger partial charge in [0.05, 0.1) is 5.52 Å². The first kappa shape index (κ1) is 11.6. The SMILES string of the molecule is Cc1cc(=O)[nH]c2c(C)cc(-c3ncnn3C)cc12. The summed E-state index contributed by atoms with van der Waals surface area (Å²) in [5.74, 6) is 0.815. The van der Waals surface area contributed by atoms with E-state index in [9.17, 15) is 4.79 Å². The Balaban J connectivity index is 2.37. The lowest BCUT2D eigenvalue weighted by atomic mass is 10.0. The summed E-state index contributed by atoms with van der Waals surface area (Å²) in [6.45, 7) is 3.93. The van der Waals surface area contributed by atoms with Gasteiger partial charge in [-0.3, -0.25) is 4.79 Å². The maximum atomic E-state index is 11.5. The Labute approximate surface area is 109 Å². The molecule has 3 aromatic rings. The Morgan fingerprint density at radius 2 is 1.95 bits per heavy atom. The van der Waals surface area contributed by atoms with Crippen LogP contribution >= 0.6 is 0 Å². The zero-order valence-electron chi connectivity index (χ0n) is 11.1. The summed E-state index contributed by atoms with van der Waals surface area (Å²) >= 11 is 0. The molecule has 0 bridgehead atoms. The lowest BCUT2D eigenvalue weighted by Crippen LogP contribution is -2.06. The third-order valence-electron chi connectivity index (χ3n) is 3.33. The molecular weight excluding hydrogens is 240 g/mol. The highest BCUT2D eigenvalue weighted by molar-refractivity contribution is 5.88. The second kappa shape index (κ2) is 4.05. The van der Waals surface area contributed by atoms with Gasteiger partial charge in [-0.1, -0.05) is 0 Å². The van der Waals surface area contributed by atoms with Crippen molar-refractivity contribution in [3.63, 3.8) is 0 Å². The monoisotopic (exact) mass is 254 g/mol. The van der Waals surface area contributed by atoms with Gasteiger partial charge in [-0.2, -0.15) is 5.10 Å². The number of benzene rings is 1. The third-order valence-corrected chi connectivity index (χ3v) is 3.33. The van der Waals surface area contributed by atoms with E-state index < -0.39 is 0 Å². The zero-order valence-corrected chi connectivity index (χ0v) is 11.1. The van der Waals surface area contributed by atoms with Crippen LogP contribution in [0.5, 0.6) is 0 Å². The summed E-state index contributed by atoms with van der Waals surface area (Å²) in [6, 6.07) is 5.67. The standard InChI is InChI=1S/C14H14N4O/c1-8-5-12(19)17-13-9(2)4-10(6-11(8)13)14-15-7-16-18(14)3/h4-7H,1-3H3,(H,17,19). The molecule has 0 saturated carbocycles. The van der Waals surface area contributed by atoms with Gasteiger partial charge in [-0.05, 0) is 37.1 Å². The van der Waals surface area contributed by atoms with E-state index in [1.165, 1.54) is 6.33 Å². The van der Waals surface area contributed by atoms with E-state index in [2.05, 4.69) is 15.1 Å². The van der Waals surface area contributed by atoms with Gasteiger partial charge < -0.3 is 4.98 Å². The van der Waals surface area contributed by atoms with Crippen molar-refractivity contribution in [2.24, 2.45) is 7.05 Å². The molecule has 1 aromatic carbocycles. The van der Waals surface area contributed by atoms with Crippen LogP contribution in [-0.2, 0) is 7.05 Å². The van der Waals surface area contributed by atoms with Crippen molar-refractivity contribution < 1.29 is 0 Å². The predicted octanol–water partition coefficient (Wildman–Crippen LogP) is 1.94. The average Bonchev–Trinajstić information content (AvgIpc) is 2.76. The quantitative estimate of drug-likeness (QED) is 0.721. The van der Waals surface area contributed by atoms with Crippen LogP contribution < -0.4 is 5.56 Å². The van der Waals surface area contributed by atoms with Gasteiger partial charge in [0.1, 0.15) is 6.33 Å². The third kappa shape index (κ3) is 1.83.